The zero-order valence-corrected chi connectivity index (χ0v) is 12.0. The average molecular weight is 294 g/mol. The van der Waals surface area contributed by atoms with E-state index in [0.717, 1.165) is 25.7 Å². The van der Waals surface area contributed by atoms with Crippen molar-refractivity contribution in [3.63, 3.8) is 0 Å². The second kappa shape index (κ2) is 5.78. The van der Waals surface area contributed by atoms with Crippen molar-refractivity contribution in [2.75, 3.05) is 11.5 Å². The van der Waals surface area contributed by atoms with Crippen LogP contribution in [0.1, 0.15) is 38.5 Å². The Bertz CT molecular complexity index is 402. The van der Waals surface area contributed by atoms with E-state index >= 15 is 0 Å². The largest absolute Gasteiger partial charge is 0.351 e. The van der Waals surface area contributed by atoms with Gasteiger partial charge in [0.1, 0.15) is 0 Å². The molecule has 0 spiro atoms. The van der Waals surface area contributed by atoms with E-state index < -0.39 is 21.3 Å². The Morgan fingerprint density at radius 3 is 2.17 bits per heavy atom. The zero-order valence-electron chi connectivity index (χ0n) is 10.4. The first-order chi connectivity index (χ1) is 8.48. The monoisotopic (exact) mass is 293 g/mol. The zero-order chi connectivity index (χ0) is 13.2. The molecule has 1 aliphatic heterocycles. The molecule has 2 aliphatic rings. The maximum Gasteiger partial charge on any atom is 0.223 e. The van der Waals surface area contributed by atoms with Crippen molar-refractivity contribution in [2.24, 2.45) is 5.92 Å². The van der Waals surface area contributed by atoms with Gasteiger partial charge in [0.05, 0.1) is 22.9 Å². The second-order valence-electron chi connectivity index (χ2n) is 5.40. The highest BCUT2D eigenvalue weighted by atomic mass is 35.5. The van der Waals surface area contributed by atoms with Gasteiger partial charge in [-0.05, 0) is 12.8 Å². The van der Waals surface area contributed by atoms with Crippen LogP contribution >= 0.6 is 11.6 Å². The molecule has 1 saturated heterocycles. The highest BCUT2D eigenvalue weighted by Gasteiger charge is 2.38. The minimum Gasteiger partial charge on any atom is -0.351 e. The minimum absolute atomic E-state index is 0.00958. The fourth-order valence-electron chi connectivity index (χ4n) is 2.78. The molecule has 104 valence electrons. The molecule has 2 unspecified atom stereocenters. The Morgan fingerprint density at radius 2 is 1.67 bits per heavy atom. The normalized spacial score (nSPS) is 32.9. The molecule has 4 nitrogen and oxygen atoms in total. The van der Waals surface area contributed by atoms with Gasteiger partial charge in [0.2, 0.25) is 5.91 Å². The molecule has 18 heavy (non-hydrogen) atoms. The maximum absolute atomic E-state index is 12.1. The summed E-state index contributed by atoms with van der Waals surface area (Å²) in [6.07, 6.45) is 6.40. The minimum atomic E-state index is -3.07. The third-order valence-electron chi connectivity index (χ3n) is 3.84. The Morgan fingerprint density at radius 1 is 1.06 bits per heavy atom. The number of rotatable bonds is 2. The second-order valence-corrected chi connectivity index (χ2v) is 8.11. The molecule has 1 heterocycles. The average Bonchev–Trinajstić information content (AvgIpc) is 2.50. The van der Waals surface area contributed by atoms with Gasteiger partial charge in [-0.3, -0.25) is 4.79 Å². The number of amides is 1. The predicted molar refractivity (Wildman–Crippen MR) is 71.4 cm³/mol. The van der Waals surface area contributed by atoms with Crippen LogP contribution in [0.2, 0.25) is 0 Å². The number of hydrogen-bond donors (Lipinski definition) is 1. The summed E-state index contributed by atoms with van der Waals surface area (Å²) in [5.41, 5.74) is 0. The van der Waals surface area contributed by atoms with E-state index in [-0.39, 0.29) is 23.3 Å². The van der Waals surface area contributed by atoms with Crippen molar-refractivity contribution >= 4 is 27.3 Å². The molecule has 1 aliphatic carbocycles. The van der Waals surface area contributed by atoms with E-state index in [2.05, 4.69) is 5.32 Å². The van der Waals surface area contributed by atoms with Crippen molar-refractivity contribution in [2.45, 2.75) is 49.9 Å². The van der Waals surface area contributed by atoms with Crippen LogP contribution in [0.5, 0.6) is 0 Å². The van der Waals surface area contributed by atoms with Gasteiger partial charge in [-0.15, -0.1) is 11.6 Å². The predicted octanol–water partition coefficient (Wildman–Crippen LogP) is 1.48. The molecule has 1 saturated carbocycles. The summed E-state index contributed by atoms with van der Waals surface area (Å²) >= 11 is 5.98. The number of alkyl halides is 1. The Labute approximate surface area is 113 Å². The number of sulfone groups is 1. The van der Waals surface area contributed by atoms with Crippen molar-refractivity contribution in [1.29, 1.82) is 0 Å². The lowest BCUT2D eigenvalue weighted by molar-refractivity contribution is -0.125. The van der Waals surface area contributed by atoms with Crippen LogP contribution < -0.4 is 5.32 Å². The lowest BCUT2D eigenvalue weighted by atomic mass is 9.99. The molecule has 0 aromatic carbocycles. The first-order valence-corrected chi connectivity index (χ1v) is 8.88. The summed E-state index contributed by atoms with van der Waals surface area (Å²) in [7, 11) is -3.07. The molecule has 0 radical (unpaired) electrons. The molecule has 1 N–H and O–H groups in total. The van der Waals surface area contributed by atoms with Gasteiger partial charge in [0.25, 0.3) is 0 Å². The lowest BCUT2D eigenvalue weighted by Gasteiger charge is -2.19. The van der Waals surface area contributed by atoms with Crippen LogP contribution in [0, 0.1) is 5.92 Å². The summed E-state index contributed by atoms with van der Waals surface area (Å²) < 4.78 is 22.9. The standard InChI is InChI=1S/C12H20ClNO3S/c13-10-7-18(16,17)8-11(10)14-12(15)9-5-3-1-2-4-6-9/h9-11H,1-8H2,(H,14,15). The molecular formula is C12H20ClNO3S. The van der Waals surface area contributed by atoms with E-state index in [0.29, 0.717) is 0 Å². The third kappa shape index (κ3) is 3.60. The van der Waals surface area contributed by atoms with Crippen molar-refractivity contribution in [1.82, 2.24) is 5.32 Å². The van der Waals surface area contributed by atoms with Gasteiger partial charge in [-0.2, -0.15) is 0 Å². The molecule has 2 rings (SSSR count). The highest BCUT2D eigenvalue weighted by Crippen LogP contribution is 2.24. The van der Waals surface area contributed by atoms with Crippen LogP contribution in [0.25, 0.3) is 0 Å². The van der Waals surface area contributed by atoms with Crippen molar-refractivity contribution < 1.29 is 13.2 Å². The number of nitrogens with one attached hydrogen (secondary N) is 1. The van der Waals surface area contributed by atoms with E-state index in [1.54, 1.807) is 0 Å². The van der Waals surface area contributed by atoms with Crippen LogP contribution in [0.4, 0.5) is 0 Å². The number of carbonyl (C=O) groups is 1. The van der Waals surface area contributed by atoms with Crippen LogP contribution in [0.3, 0.4) is 0 Å². The number of halogens is 1. The summed E-state index contributed by atoms with van der Waals surface area (Å²) in [4.78, 5) is 12.1. The van der Waals surface area contributed by atoms with Gasteiger partial charge in [-0.25, -0.2) is 8.42 Å². The van der Waals surface area contributed by atoms with Gasteiger partial charge >= 0.3 is 0 Å². The third-order valence-corrected chi connectivity index (χ3v) is 6.21. The summed E-state index contributed by atoms with van der Waals surface area (Å²) in [6.45, 7) is 0. The molecule has 2 fully saturated rings. The van der Waals surface area contributed by atoms with Crippen LogP contribution in [-0.2, 0) is 14.6 Å². The molecule has 6 heteroatoms. The molecule has 0 aromatic heterocycles. The molecule has 1 amide bonds. The number of hydrogen-bond acceptors (Lipinski definition) is 3. The summed E-state index contributed by atoms with van der Waals surface area (Å²) in [5, 5.41) is 2.35. The van der Waals surface area contributed by atoms with Crippen LogP contribution in [-0.4, -0.2) is 37.2 Å². The summed E-state index contributed by atoms with van der Waals surface area (Å²) in [5.74, 6) is -0.00612. The van der Waals surface area contributed by atoms with E-state index in [9.17, 15) is 13.2 Å². The Kier molecular flexibility index (Phi) is 4.54. The maximum atomic E-state index is 12.1. The smallest absolute Gasteiger partial charge is 0.223 e. The topological polar surface area (TPSA) is 63.2 Å². The molecule has 0 bridgehead atoms. The Hall–Kier alpha value is -0.290. The molecular weight excluding hydrogens is 274 g/mol. The van der Waals surface area contributed by atoms with Gasteiger partial charge < -0.3 is 5.32 Å². The first-order valence-electron chi connectivity index (χ1n) is 6.63. The van der Waals surface area contributed by atoms with E-state index in [4.69, 9.17) is 11.6 Å². The fraction of sp³-hybridized carbons (Fsp3) is 0.917. The van der Waals surface area contributed by atoms with Gasteiger partial charge in [0, 0.05) is 5.92 Å². The van der Waals surface area contributed by atoms with E-state index in [1.807, 2.05) is 0 Å². The van der Waals surface area contributed by atoms with Crippen LogP contribution in [0.15, 0.2) is 0 Å². The summed E-state index contributed by atoms with van der Waals surface area (Å²) in [6, 6.07) is -0.410. The lowest BCUT2D eigenvalue weighted by Crippen LogP contribution is -2.43. The quantitative estimate of drug-likeness (QED) is 0.619. The first kappa shape index (κ1) is 14.1. The number of carbonyl (C=O) groups excluding carboxylic acids is 1. The van der Waals surface area contributed by atoms with E-state index in [1.165, 1.54) is 12.8 Å². The SMILES string of the molecule is O=C(NC1CS(=O)(=O)CC1Cl)C1CCCCCC1. The Balaban J connectivity index is 1.91. The van der Waals surface area contributed by atoms with Gasteiger partial charge in [-0.1, -0.05) is 25.7 Å². The molecule has 2 atom stereocenters. The molecule has 0 aromatic rings. The van der Waals surface area contributed by atoms with Gasteiger partial charge in [0.15, 0.2) is 9.84 Å². The van der Waals surface area contributed by atoms with Crippen molar-refractivity contribution in [3.05, 3.63) is 0 Å². The highest BCUT2D eigenvalue weighted by molar-refractivity contribution is 7.91. The fourth-order valence-corrected chi connectivity index (χ4v) is 5.33. The van der Waals surface area contributed by atoms with Crippen molar-refractivity contribution in [3.8, 4) is 0 Å².